The zero-order valence-electron chi connectivity index (χ0n) is 14.0. The Bertz CT molecular complexity index is 811. The number of hydrogen-bond acceptors (Lipinski definition) is 5. The van der Waals surface area contributed by atoms with Crippen molar-refractivity contribution in [1.82, 2.24) is 5.32 Å². The molecule has 0 aromatic heterocycles. The first-order valence-corrected chi connectivity index (χ1v) is 7.32. The molecule has 0 fully saturated rings. The summed E-state index contributed by atoms with van der Waals surface area (Å²) in [4.78, 5) is 24.2. The van der Waals surface area contributed by atoms with Crippen LogP contribution in [0.2, 0.25) is 0 Å². The summed E-state index contributed by atoms with van der Waals surface area (Å²) in [6, 6.07) is 2.28. The van der Waals surface area contributed by atoms with Crippen LogP contribution in [0.15, 0.2) is 41.2 Å². The topological polar surface area (TPSA) is 64.6 Å². The maximum absolute atomic E-state index is 13.6. The maximum atomic E-state index is 13.6. The van der Waals surface area contributed by atoms with Gasteiger partial charge in [0.15, 0.2) is 0 Å². The van der Waals surface area contributed by atoms with E-state index in [1.165, 1.54) is 13.1 Å². The van der Waals surface area contributed by atoms with Crippen molar-refractivity contribution in [2.24, 2.45) is 0 Å². The van der Waals surface area contributed by atoms with Crippen LogP contribution in [0, 0.1) is 5.82 Å². The van der Waals surface area contributed by atoms with Gasteiger partial charge in [-0.1, -0.05) is 6.07 Å². The number of hydrogen-bond donors (Lipinski definition) is 1. The van der Waals surface area contributed by atoms with E-state index in [1.54, 1.807) is 0 Å². The molecular weight excluding hydrogens is 358 g/mol. The van der Waals surface area contributed by atoms with Gasteiger partial charge in [-0.3, -0.25) is 0 Å². The molecule has 1 aliphatic rings. The van der Waals surface area contributed by atoms with Crippen LogP contribution in [-0.4, -0.2) is 26.2 Å². The normalized spacial score (nSPS) is 17.3. The van der Waals surface area contributed by atoms with Crippen LogP contribution >= 0.6 is 0 Å². The van der Waals surface area contributed by atoms with Crippen LogP contribution in [0.1, 0.15) is 24.0 Å². The van der Waals surface area contributed by atoms with E-state index in [-0.39, 0.29) is 22.4 Å². The Hall–Kier alpha value is -2.84. The summed E-state index contributed by atoms with van der Waals surface area (Å²) in [6.07, 6.45) is -3.71. The molecule has 26 heavy (non-hydrogen) atoms. The lowest BCUT2D eigenvalue weighted by atomic mass is 9.81. The number of halogens is 4. The SMILES string of the molecule is COC(=O)C1=CNC(C)=C(C(=O)OC)C1c1ccc(F)c(C(F)(F)F)c1. The van der Waals surface area contributed by atoms with Crippen LogP contribution in [0.25, 0.3) is 0 Å². The minimum absolute atomic E-state index is 0.0740. The largest absolute Gasteiger partial charge is 0.466 e. The van der Waals surface area contributed by atoms with E-state index in [1.807, 2.05) is 0 Å². The Morgan fingerprint density at radius 3 is 2.27 bits per heavy atom. The summed E-state index contributed by atoms with van der Waals surface area (Å²) in [7, 11) is 2.19. The van der Waals surface area contributed by atoms with Crippen LogP contribution < -0.4 is 5.32 Å². The predicted molar refractivity (Wildman–Crippen MR) is 82.1 cm³/mol. The third-order valence-electron chi connectivity index (χ3n) is 3.90. The van der Waals surface area contributed by atoms with Gasteiger partial charge in [-0.2, -0.15) is 13.2 Å². The average Bonchev–Trinajstić information content (AvgIpc) is 2.59. The molecule has 1 aromatic rings. The van der Waals surface area contributed by atoms with Gasteiger partial charge >= 0.3 is 18.1 Å². The third-order valence-corrected chi connectivity index (χ3v) is 3.90. The van der Waals surface area contributed by atoms with Crippen LogP contribution in [0.3, 0.4) is 0 Å². The van der Waals surface area contributed by atoms with Gasteiger partial charge in [0, 0.05) is 11.9 Å². The Kier molecular flexibility index (Phi) is 5.38. The zero-order chi connectivity index (χ0) is 19.6. The molecule has 0 saturated carbocycles. The molecule has 1 atom stereocenters. The summed E-state index contributed by atoms with van der Waals surface area (Å²) >= 11 is 0. The number of benzene rings is 1. The molecule has 0 spiro atoms. The summed E-state index contributed by atoms with van der Waals surface area (Å²) in [5.41, 5.74) is -1.50. The number of carbonyl (C=O) groups excluding carboxylic acids is 2. The number of rotatable bonds is 3. The van der Waals surface area contributed by atoms with Gasteiger partial charge in [-0.15, -0.1) is 0 Å². The van der Waals surface area contributed by atoms with Gasteiger partial charge in [0.2, 0.25) is 0 Å². The highest BCUT2D eigenvalue weighted by atomic mass is 19.4. The van der Waals surface area contributed by atoms with Crippen LogP contribution in [0.5, 0.6) is 0 Å². The highest BCUT2D eigenvalue weighted by molar-refractivity contribution is 5.99. The van der Waals surface area contributed by atoms with Gasteiger partial charge in [0.25, 0.3) is 0 Å². The molecule has 0 amide bonds. The number of esters is 2. The molecule has 1 aliphatic heterocycles. The van der Waals surface area contributed by atoms with E-state index in [0.29, 0.717) is 12.1 Å². The maximum Gasteiger partial charge on any atom is 0.419 e. The fourth-order valence-corrected chi connectivity index (χ4v) is 2.68. The zero-order valence-corrected chi connectivity index (χ0v) is 14.0. The molecule has 0 bridgehead atoms. The number of dihydropyridines is 1. The lowest BCUT2D eigenvalue weighted by Crippen LogP contribution is -2.29. The summed E-state index contributed by atoms with van der Waals surface area (Å²) in [5, 5.41) is 2.69. The van der Waals surface area contributed by atoms with Gasteiger partial charge in [-0.25, -0.2) is 14.0 Å². The molecule has 2 rings (SSSR count). The fourth-order valence-electron chi connectivity index (χ4n) is 2.68. The van der Waals surface area contributed by atoms with Crippen molar-refractivity contribution < 1.29 is 36.6 Å². The minimum atomic E-state index is -4.94. The van der Waals surface area contributed by atoms with Crippen molar-refractivity contribution in [3.63, 3.8) is 0 Å². The van der Waals surface area contributed by atoms with E-state index >= 15 is 0 Å². The Morgan fingerprint density at radius 2 is 1.73 bits per heavy atom. The van der Waals surface area contributed by atoms with E-state index in [0.717, 1.165) is 20.3 Å². The van der Waals surface area contributed by atoms with E-state index in [9.17, 15) is 27.2 Å². The molecule has 9 heteroatoms. The van der Waals surface area contributed by atoms with Gasteiger partial charge in [-0.05, 0) is 24.6 Å². The summed E-state index contributed by atoms with van der Waals surface area (Å²) < 4.78 is 62.1. The van der Waals surface area contributed by atoms with Gasteiger partial charge in [0.1, 0.15) is 5.82 Å². The van der Waals surface area contributed by atoms with Crippen molar-refractivity contribution in [1.29, 1.82) is 0 Å². The second-order valence-corrected chi connectivity index (χ2v) is 5.44. The summed E-state index contributed by atoms with van der Waals surface area (Å²) in [5.74, 6) is -4.36. The highest BCUT2D eigenvalue weighted by Gasteiger charge is 2.39. The van der Waals surface area contributed by atoms with Crippen molar-refractivity contribution in [3.8, 4) is 0 Å². The molecule has 1 N–H and O–H groups in total. The number of carbonyl (C=O) groups is 2. The van der Waals surface area contributed by atoms with Crippen molar-refractivity contribution >= 4 is 11.9 Å². The molecule has 140 valence electrons. The molecule has 1 unspecified atom stereocenters. The van der Waals surface area contributed by atoms with Gasteiger partial charge < -0.3 is 14.8 Å². The minimum Gasteiger partial charge on any atom is -0.466 e. The lowest BCUT2D eigenvalue weighted by Gasteiger charge is -2.27. The van der Waals surface area contributed by atoms with Crippen LogP contribution in [0.4, 0.5) is 17.6 Å². The number of ether oxygens (including phenoxy) is 2. The Labute approximate surface area is 146 Å². The molecule has 1 heterocycles. The molecule has 5 nitrogen and oxygen atoms in total. The number of alkyl halides is 3. The molecule has 0 saturated heterocycles. The number of nitrogens with one attached hydrogen (secondary N) is 1. The van der Waals surface area contributed by atoms with E-state index in [4.69, 9.17) is 0 Å². The van der Waals surface area contributed by atoms with E-state index in [2.05, 4.69) is 14.8 Å². The Balaban J connectivity index is 2.70. The average molecular weight is 373 g/mol. The molecular formula is C17H15F4NO4. The fraction of sp³-hybridized carbons (Fsp3) is 0.294. The number of methoxy groups -OCH3 is 2. The predicted octanol–water partition coefficient (Wildman–Crippen LogP) is 3.04. The lowest BCUT2D eigenvalue weighted by molar-refractivity contribution is -0.140. The van der Waals surface area contributed by atoms with Crippen molar-refractivity contribution in [3.05, 3.63) is 58.2 Å². The number of allylic oxidation sites excluding steroid dienone is 1. The first kappa shape index (κ1) is 19.5. The highest BCUT2D eigenvalue weighted by Crippen LogP contribution is 2.40. The van der Waals surface area contributed by atoms with Gasteiger partial charge in [0.05, 0.1) is 36.8 Å². The second kappa shape index (κ2) is 7.19. The first-order chi connectivity index (χ1) is 12.1. The van der Waals surface area contributed by atoms with Crippen molar-refractivity contribution in [2.45, 2.75) is 19.0 Å². The monoisotopic (exact) mass is 373 g/mol. The second-order valence-electron chi connectivity index (χ2n) is 5.44. The third kappa shape index (κ3) is 3.56. The standard InChI is InChI=1S/C17H15F4NO4/c1-8-13(16(24)26-3)14(10(7-22-8)15(23)25-2)9-4-5-12(18)11(6-9)17(19,20)21/h4-7,14,22H,1-3H3. The van der Waals surface area contributed by atoms with Crippen LogP contribution in [-0.2, 0) is 25.2 Å². The first-order valence-electron chi connectivity index (χ1n) is 7.32. The smallest absolute Gasteiger partial charge is 0.419 e. The molecule has 0 aliphatic carbocycles. The van der Waals surface area contributed by atoms with E-state index < -0.39 is 35.4 Å². The quantitative estimate of drug-likeness (QED) is 0.652. The Morgan fingerprint density at radius 1 is 1.12 bits per heavy atom. The molecule has 0 radical (unpaired) electrons. The summed E-state index contributed by atoms with van der Waals surface area (Å²) in [6.45, 7) is 1.50. The molecule has 1 aromatic carbocycles. The van der Waals surface area contributed by atoms with Crippen molar-refractivity contribution in [2.75, 3.05) is 14.2 Å².